The van der Waals surface area contributed by atoms with Crippen molar-refractivity contribution in [2.24, 2.45) is 0 Å². The highest BCUT2D eigenvalue weighted by molar-refractivity contribution is 6.35. The molecule has 6 nitrogen and oxygen atoms in total. The number of rotatable bonds is 6. The molecular formula is C17H28N4O2. The van der Waals surface area contributed by atoms with E-state index in [1.165, 1.54) is 0 Å². The molecule has 6 heteroatoms. The highest BCUT2D eigenvalue weighted by Gasteiger charge is 2.19. The molecule has 1 aromatic rings. The minimum atomic E-state index is -0.601. The van der Waals surface area contributed by atoms with Crippen LogP contribution in [-0.4, -0.2) is 57.5 Å². The number of carbonyl (C=O) groups is 2. The normalized spacial score (nSPS) is 12.2. The van der Waals surface area contributed by atoms with Crippen LogP contribution in [0.25, 0.3) is 0 Å². The van der Waals surface area contributed by atoms with Gasteiger partial charge in [-0.25, -0.2) is 0 Å². The summed E-state index contributed by atoms with van der Waals surface area (Å²) in [7, 11) is 7.88. The molecule has 0 heterocycles. The third-order valence-electron chi connectivity index (χ3n) is 3.50. The summed E-state index contributed by atoms with van der Waals surface area (Å²) in [6.07, 6.45) is 0. The van der Waals surface area contributed by atoms with Gasteiger partial charge in [-0.2, -0.15) is 0 Å². The Morgan fingerprint density at radius 2 is 1.57 bits per heavy atom. The van der Waals surface area contributed by atoms with E-state index in [0.29, 0.717) is 6.54 Å². The topological polar surface area (TPSA) is 64.7 Å². The Morgan fingerprint density at radius 3 is 2.00 bits per heavy atom. The number of nitrogens with one attached hydrogen (secondary N) is 2. The third kappa shape index (κ3) is 5.90. The van der Waals surface area contributed by atoms with Crippen molar-refractivity contribution >= 4 is 17.5 Å². The molecule has 23 heavy (non-hydrogen) atoms. The molecule has 0 saturated heterocycles. The van der Waals surface area contributed by atoms with Crippen LogP contribution in [0.15, 0.2) is 24.3 Å². The number of likely N-dealkylation sites (N-methyl/N-ethyl adjacent to an activating group) is 1. The Morgan fingerprint density at radius 1 is 1.00 bits per heavy atom. The van der Waals surface area contributed by atoms with Crippen LogP contribution in [0.3, 0.4) is 0 Å². The van der Waals surface area contributed by atoms with Crippen molar-refractivity contribution in [2.45, 2.75) is 25.9 Å². The lowest BCUT2D eigenvalue weighted by Crippen LogP contribution is -2.45. The first-order valence-electron chi connectivity index (χ1n) is 7.74. The van der Waals surface area contributed by atoms with Crippen molar-refractivity contribution in [1.29, 1.82) is 0 Å². The Balaban J connectivity index is 2.72. The number of nitrogens with zero attached hydrogens (tertiary/aromatic N) is 2. The summed E-state index contributed by atoms with van der Waals surface area (Å²) < 4.78 is 0. The van der Waals surface area contributed by atoms with Crippen LogP contribution in [0.1, 0.15) is 25.5 Å². The van der Waals surface area contributed by atoms with E-state index in [0.717, 1.165) is 11.3 Å². The SMILES string of the molecule is CC(C)NC(=O)C(=O)NCC(c1ccc(N(C)C)cc1)N(C)C. The Kier molecular flexibility index (Phi) is 7.03. The lowest BCUT2D eigenvalue weighted by Gasteiger charge is -2.25. The van der Waals surface area contributed by atoms with Crippen LogP contribution in [0.4, 0.5) is 5.69 Å². The van der Waals surface area contributed by atoms with Gasteiger partial charge in [0, 0.05) is 32.4 Å². The van der Waals surface area contributed by atoms with Gasteiger partial charge in [0.1, 0.15) is 0 Å². The number of benzene rings is 1. The molecule has 0 aliphatic carbocycles. The quantitative estimate of drug-likeness (QED) is 0.768. The summed E-state index contributed by atoms with van der Waals surface area (Å²) in [6.45, 7) is 4.01. The van der Waals surface area contributed by atoms with Gasteiger partial charge in [-0.15, -0.1) is 0 Å². The number of anilines is 1. The van der Waals surface area contributed by atoms with Crippen molar-refractivity contribution in [3.05, 3.63) is 29.8 Å². The predicted octanol–water partition coefficient (Wildman–Crippen LogP) is 0.996. The molecular weight excluding hydrogens is 292 g/mol. The minimum Gasteiger partial charge on any atom is -0.378 e. The van der Waals surface area contributed by atoms with Crippen LogP contribution in [0.2, 0.25) is 0 Å². The van der Waals surface area contributed by atoms with E-state index in [4.69, 9.17) is 0 Å². The second-order valence-electron chi connectivity index (χ2n) is 6.30. The molecule has 0 aliphatic heterocycles. The summed E-state index contributed by atoms with van der Waals surface area (Å²) >= 11 is 0. The zero-order valence-corrected chi connectivity index (χ0v) is 14.9. The van der Waals surface area contributed by atoms with E-state index in [2.05, 4.69) is 10.6 Å². The largest absolute Gasteiger partial charge is 0.378 e. The standard InChI is InChI=1S/C17H28N4O2/c1-12(2)19-17(23)16(22)18-11-15(21(5)6)13-7-9-14(10-8-13)20(3)4/h7-10,12,15H,11H2,1-6H3,(H,18,22)(H,19,23). The molecule has 1 aromatic carbocycles. The van der Waals surface area contributed by atoms with Crippen molar-refractivity contribution in [1.82, 2.24) is 15.5 Å². The fourth-order valence-electron chi connectivity index (χ4n) is 2.19. The molecule has 0 aromatic heterocycles. The van der Waals surface area contributed by atoms with Gasteiger partial charge in [-0.3, -0.25) is 9.59 Å². The summed E-state index contributed by atoms with van der Waals surface area (Å²) in [5, 5.41) is 5.29. The molecule has 1 atom stereocenters. The highest BCUT2D eigenvalue weighted by atomic mass is 16.2. The van der Waals surface area contributed by atoms with Gasteiger partial charge in [-0.1, -0.05) is 12.1 Å². The van der Waals surface area contributed by atoms with Gasteiger partial charge in [-0.05, 0) is 45.6 Å². The second kappa shape index (κ2) is 8.53. The fraction of sp³-hybridized carbons (Fsp3) is 0.529. The summed E-state index contributed by atoms with van der Waals surface area (Å²) in [5.41, 5.74) is 2.21. The third-order valence-corrected chi connectivity index (χ3v) is 3.50. The summed E-state index contributed by atoms with van der Waals surface area (Å²) in [6, 6.07) is 8.11. The van der Waals surface area contributed by atoms with E-state index in [1.807, 2.05) is 76.1 Å². The maximum atomic E-state index is 11.8. The smallest absolute Gasteiger partial charge is 0.309 e. The van der Waals surface area contributed by atoms with Crippen LogP contribution in [-0.2, 0) is 9.59 Å². The first kappa shape index (κ1) is 19.0. The van der Waals surface area contributed by atoms with Gasteiger partial charge in [0.25, 0.3) is 0 Å². The van der Waals surface area contributed by atoms with Crippen molar-refractivity contribution in [2.75, 3.05) is 39.6 Å². The van der Waals surface area contributed by atoms with Crippen LogP contribution < -0.4 is 15.5 Å². The molecule has 1 unspecified atom stereocenters. The molecule has 128 valence electrons. The molecule has 0 bridgehead atoms. The molecule has 0 radical (unpaired) electrons. The van der Waals surface area contributed by atoms with E-state index < -0.39 is 11.8 Å². The highest BCUT2D eigenvalue weighted by Crippen LogP contribution is 2.20. The number of carbonyl (C=O) groups excluding carboxylic acids is 2. The van der Waals surface area contributed by atoms with Gasteiger partial charge >= 0.3 is 11.8 Å². The molecule has 0 aliphatic rings. The molecule has 0 fully saturated rings. The first-order chi connectivity index (χ1) is 10.7. The lowest BCUT2D eigenvalue weighted by atomic mass is 10.1. The van der Waals surface area contributed by atoms with E-state index in [1.54, 1.807) is 0 Å². The van der Waals surface area contributed by atoms with E-state index in [9.17, 15) is 9.59 Å². The molecule has 2 N–H and O–H groups in total. The maximum Gasteiger partial charge on any atom is 0.309 e. The van der Waals surface area contributed by atoms with Crippen LogP contribution in [0, 0.1) is 0 Å². The van der Waals surface area contributed by atoms with E-state index >= 15 is 0 Å². The Bertz CT molecular complexity index is 524. The predicted molar refractivity (Wildman–Crippen MR) is 93.5 cm³/mol. The van der Waals surface area contributed by atoms with E-state index in [-0.39, 0.29) is 12.1 Å². The van der Waals surface area contributed by atoms with Crippen molar-refractivity contribution < 1.29 is 9.59 Å². The van der Waals surface area contributed by atoms with Crippen LogP contribution >= 0.6 is 0 Å². The number of hydrogen-bond donors (Lipinski definition) is 2. The second-order valence-corrected chi connectivity index (χ2v) is 6.30. The molecule has 2 amide bonds. The molecule has 0 spiro atoms. The number of amides is 2. The molecule has 1 rings (SSSR count). The Labute approximate surface area is 138 Å². The summed E-state index contributed by atoms with van der Waals surface area (Å²) in [4.78, 5) is 27.5. The zero-order chi connectivity index (χ0) is 17.6. The summed E-state index contributed by atoms with van der Waals surface area (Å²) in [5.74, 6) is -1.20. The minimum absolute atomic E-state index is 0.00186. The Hall–Kier alpha value is -2.08. The first-order valence-corrected chi connectivity index (χ1v) is 7.74. The lowest BCUT2D eigenvalue weighted by molar-refractivity contribution is -0.139. The molecule has 0 saturated carbocycles. The van der Waals surface area contributed by atoms with Crippen LogP contribution in [0.5, 0.6) is 0 Å². The van der Waals surface area contributed by atoms with Crippen molar-refractivity contribution in [3.63, 3.8) is 0 Å². The van der Waals surface area contributed by atoms with Crippen molar-refractivity contribution in [3.8, 4) is 0 Å². The average Bonchev–Trinajstić information content (AvgIpc) is 2.46. The van der Waals surface area contributed by atoms with Gasteiger partial charge in [0.05, 0.1) is 6.04 Å². The van der Waals surface area contributed by atoms with Gasteiger partial charge in [0.2, 0.25) is 0 Å². The van der Waals surface area contributed by atoms with Gasteiger partial charge < -0.3 is 20.4 Å². The average molecular weight is 320 g/mol. The fourth-order valence-corrected chi connectivity index (χ4v) is 2.19. The zero-order valence-electron chi connectivity index (χ0n) is 14.9. The maximum absolute atomic E-state index is 11.8. The van der Waals surface area contributed by atoms with Gasteiger partial charge in [0.15, 0.2) is 0 Å². The number of hydrogen-bond acceptors (Lipinski definition) is 4. The monoisotopic (exact) mass is 320 g/mol.